The smallest absolute Gasteiger partial charge is 0.313 e. The summed E-state index contributed by atoms with van der Waals surface area (Å²) >= 11 is 1.51. The molecule has 4 heteroatoms. The molecule has 0 unspecified atom stereocenters. The van der Waals surface area contributed by atoms with Crippen molar-refractivity contribution in [1.29, 1.82) is 0 Å². The summed E-state index contributed by atoms with van der Waals surface area (Å²) < 4.78 is 5.70. The molecule has 1 aromatic carbocycles. The van der Waals surface area contributed by atoms with E-state index in [0.717, 1.165) is 10.1 Å². The van der Waals surface area contributed by atoms with Crippen molar-refractivity contribution >= 4 is 33.2 Å². The normalized spacial score (nSPS) is 10.4. The Kier molecular flexibility index (Phi) is 3.54. The second-order valence-corrected chi connectivity index (χ2v) is 4.47. The summed E-state index contributed by atoms with van der Waals surface area (Å²) in [7, 11) is 0. The number of carbonyl (C=O) groups is 2. The molecular formula is C13H12O3S. The van der Waals surface area contributed by atoms with E-state index < -0.39 is 5.97 Å². The molecule has 0 atom stereocenters. The molecular weight excluding hydrogens is 236 g/mol. The number of thiophene rings is 1. The summed E-state index contributed by atoms with van der Waals surface area (Å²) in [6, 6.07) is 7.49. The number of hydrogen-bond acceptors (Lipinski definition) is 4. The molecule has 2 rings (SSSR count). The molecule has 1 aromatic heterocycles. The zero-order valence-corrected chi connectivity index (χ0v) is 10.3. The molecule has 88 valence electrons. The molecule has 0 N–H and O–H groups in total. The standard InChI is InChI=1S/C13H12O3S/c1-2-16-12(15)8-11(14)10-5-3-4-9-6-7-17-13(9)10/h3-7H,2,8H2,1H3. The van der Waals surface area contributed by atoms with Crippen LogP contribution in [-0.2, 0) is 9.53 Å². The van der Waals surface area contributed by atoms with Crippen molar-refractivity contribution < 1.29 is 14.3 Å². The lowest BCUT2D eigenvalue weighted by Gasteiger charge is -2.02. The molecule has 3 nitrogen and oxygen atoms in total. The van der Waals surface area contributed by atoms with Crippen LogP contribution in [0.5, 0.6) is 0 Å². The van der Waals surface area contributed by atoms with Crippen LogP contribution in [0.3, 0.4) is 0 Å². The number of rotatable bonds is 4. The van der Waals surface area contributed by atoms with E-state index in [4.69, 9.17) is 4.74 Å². The maximum absolute atomic E-state index is 11.9. The second kappa shape index (κ2) is 5.10. The van der Waals surface area contributed by atoms with Gasteiger partial charge in [0.25, 0.3) is 0 Å². The zero-order chi connectivity index (χ0) is 12.3. The Morgan fingerprint density at radius 1 is 1.29 bits per heavy atom. The van der Waals surface area contributed by atoms with Gasteiger partial charge >= 0.3 is 5.97 Å². The van der Waals surface area contributed by atoms with E-state index in [2.05, 4.69) is 0 Å². The van der Waals surface area contributed by atoms with Crippen LogP contribution in [0, 0.1) is 0 Å². The lowest BCUT2D eigenvalue weighted by atomic mass is 10.1. The predicted molar refractivity (Wildman–Crippen MR) is 67.4 cm³/mol. The van der Waals surface area contributed by atoms with Crippen molar-refractivity contribution in [2.75, 3.05) is 6.61 Å². The summed E-state index contributed by atoms with van der Waals surface area (Å²) in [6.45, 7) is 2.03. The van der Waals surface area contributed by atoms with E-state index in [1.54, 1.807) is 13.0 Å². The van der Waals surface area contributed by atoms with E-state index in [9.17, 15) is 9.59 Å². The molecule has 0 amide bonds. The first-order chi connectivity index (χ1) is 8.22. The molecule has 2 aromatic rings. The van der Waals surface area contributed by atoms with Crippen LogP contribution in [0.25, 0.3) is 10.1 Å². The summed E-state index contributed by atoms with van der Waals surface area (Å²) in [5.41, 5.74) is 0.602. The second-order valence-electron chi connectivity index (χ2n) is 3.55. The highest BCUT2D eigenvalue weighted by atomic mass is 32.1. The Morgan fingerprint density at radius 2 is 2.12 bits per heavy atom. The Hall–Kier alpha value is -1.68. The van der Waals surface area contributed by atoms with Gasteiger partial charge in [0.1, 0.15) is 6.42 Å². The van der Waals surface area contributed by atoms with Crippen molar-refractivity contribution in [3.63, 3.8) is 0 Å². The molecule has 0 saturated carbocycles. The fourth-order valence-electron chi connectivity index (χ4n) is 1.65. The van der Waals surface area contributed by atoms with Crippen LogP contribution in [0.1, 0.15) is 23.7 Å². The maximum atomic E-state index is 11.9. The van der Waals surface area contributed by atoms with Gasteiger partial charge < -0.3 is 4.74 Å². The third-order valence-electron chi connectivity index (χ3n) is 2.39. The number of ether oxygens (including phenoxy) is 1. The minimum atomic E-state index is -0.467. The number of Topliss-reactive ketones (excluding diaryl/α,β-unsaturated/α-hetero) is 1. The average molecular weight is 248 g/mol. The van der Waals surface area contributed by atoms with Crippen LogP contribution in [0.4, 0.5) is 0 Å². The molecule has 0 aliphatic rings. The van der Waals surface area contributed by atoms with Crippen LogP contribution >= 0.6 is 11.3 Å². The number of hydrogen-bond donors (Lipinski definition) is 0. The van der Waals surface area contributed by atoms with Gasteiger partial charge in [0.15, 0.2) is 5.78 Å². The third kappa shape index (κ3) is 2.53. The summed E-state index contributed by atoms with van der Waals surface area (Å²) in [4.78, 5) is 23.2. The number of esters is 1. The Bertz CT molecular complexity index is 557. The first-order valence-electron chi connectivity index (χ1n) is 5.37. The van der Waals surface area contributed by atoms with Crippen molar-refractivity contribution in [3.05, 3.63) is 35.2 Å². The third-order valence-corrected chi connectivity index (χ3v) is 3.35. The largest absolute Gasteiger partial charge is 0.466 e. The van der Waals surface area contributed by atoms with Crippen molar-refractivity contribution in [3.8, 4) is 0 Å². The van der Waals surface area contributed by atoms with E-state index in [-0.39, 0.29) is 12.2 Å². The molecule has 0 spiro atoms. The molecule has 0 saturated heterocycles. The lowest BCUT2D eigenvalue weighted by molar-refractivity contribution is -0.141. The first-order valence-corrected chi connectivity index (χ1v) is 6.25. The monoisotopic (exact) mass is 248 g/mol. The van der Waals surface area contributed by atoms with Gasteiger partial charge in [0, 0.05) is 10.3 Å². The molecule has 0 bridgehead atoms. The number of ketones is 1. The van der Waals surface area contributed by atoms with Gasteiger partial charge in [0.05, 0.1) is 6.61 Å². The number of benzene rings is 1. The lowest BCUT2D eigenvalue weighted by Crippen LogP contribution is -2.11. The summed E-state index contributed by atoms with van der Waals surface area (Å²) in [6.07, 6.45) is -0.190. The quantitative estimate of drug-likeness (QED) is 0.474. The maximum Gasteiger partial charge on any atom is 0.313 e. The topological polar surface area (TPSA) is 43.4 Å². The fourth-order valence-corrected chi connectivity index (χ4v) is 2.58. The SMILES string of the molecule is CCOC(=O)CC(=O)c1cccc2ccsc12. The number of fused-ring (bicyclic) bond motifs is 1. The van der Waals surface area contributed by atoms with Gasteiger partial charge in [-0.1, -0.05) is 12.1 Å². The van der Waals surface area contributed by atoms with E-state index >= 15 is 0 Å². The van der Waals surface area contributed by atoms with Crippen LogP contribution in [0.15, 0.2) is 29.6 Å². The predicted octanol–water partition coefficient (Wildman–Crippen LogP) is 3.04. The molecule has 0 radical (unpaired) electrons. The Labute approximate surface area is 103 Å². The van der Waals surface area contributed by atoms with E-state index in [0.29, 0.717) is 12.2 Å². The zero-order valence-electron chi connectivity index (χ0n) is 9.43. The number of carbonyl (C=O) groups excluding carboxylic acids is 2. The highest BCUT2D eigenvalue weighted by molar-refractivity contribution is 7.17. The van der Waals surface area contributed by atoms with Gasteiger partial charge in [0.2, 0.25) is 0 Å². The van der Waals surface area contributed by atoms with Gasteiger partial charge in [-0.15, -0.1) is 11.3 Å². The van der Waals surface area contributed by atoms with Crippen LogP contribution in [0.2, 0.25) is 0 Å². The van der Waals surface area contributed by atoms with E-state index in [1.165, 1.54) is 11.3 Å². The highest BCUT2D eigenvalue weighted by Crippen LogP contribution is 2.25. The van der Waals surface area contributed by atoms with Crippen molar-refractivity contribution in [2.45, 2.75) is 13.3 Å². The van der Waals surface area contributed by atoms with Crippen molar-refractivity contribution in [2.24, 2.45) is 0 Å². The van der Waals surface area contributed by atoms with Crippen LogP contribution in [-0.4, -0.2) is 18.4 Å². The summed E-state index contributed by atoms with van der Waals surface area (Å²) in [5, 5.41) is 2.97. The minimum Gasteiger partial charge on any atom is -0.466 e. The van der Waals surface area contributed by atoms with Gasteiger partial charge in [-0.05, 0) is 29.8 Å². The first kappa shape index (κ1) is 11.8. The fraction of sp³-hybridized carbons (Fsp3) is 0.231. The van der Waals surface area contributed by atoms with Gasteiger partial charge in [-0.2, -0.15) is 0 Å². The molecule has 0 aliphatic heterocycles. The van der Waals surface area contributed by atoms with E-state index in [1.807, 2.05) is 23.6 Å². The van der Waals surface area contributed by atoms with Gasteiger partial charge in [-0.25, -0.2) is 0 Å². The molecule has 17 heavy (non-hydrogen) atoms. The minimum absolute atomic E-state index is 0.184. The molecule has 0 aliphatic carbocycles. The highest BCUT2D eigenvalue weighted by Gasteiger charge is 2.15. The summed E-state index contributed by atoms with van der Waals surface area (Å²) in [5.74, 6) is -0.650. The van der Waals surface area contributed by atoms with Crippen LogP contribution < -0.4 is 0 Å². The van der Waals surface area contributed by atoms with Gasteiger partial charge in [-0.3, -0.25) is 9.59 Å². The average Bonchev–Trinajstić information content (AvgIpc) is 2.76. The van der Waals surface area contributed by atoms with Crippen molar-refractivity contribution in [1.82, 2.24) is 0 Å². The Balaban J connectivity index is 2.24. The Morgan fingerprint density at radius 3 is 2.88 bits per heavy atom. The molecule has 1 heterocycles. The molecule has 0 fully saturated rings.